The maximum Gasteiger partial charge on any atom is 0.254 e. The van der Waals surface area contributed by atoms with E-state index in [4.69, 9.17) is 4.74 Å². The molecule has 1 heterocycles. The molecule has 0 aliphatic carbocycles. The molecule has 0 saturated carbocycles. The summed E-state index contributed by atoms with van der Waals surface area (Å²) in [6.45, 7) is 10.0. The molecule has 21 heavy (non-hydrogen) atoms. The van der Waals surface area contributed by atoms with Crippen LogP contribution < -0.4 is 5.32 Å². The van der Waals surface area contributed by atoms with Gasteiger partial charge in [-0.1, -0.05) is 6.92 Å². The van der Waals surface area contributed by atoms with Gasteiger partial charge in [-0.05, 0) is 39.3 Å². The van der Waals surface area contributed by atoms with Gasteiger partial charge in [0, 0.05) is 31.5 Å². The molecule has 5 nitrogen and oxygen atoms in total. The van der Waals surface area contributed by atoms with Crippen molar-refractivity contribution >= 4 is 11.7 Å². The van der Waals surface area contributed by atoms with Crippen molar-refractivity contribution in [2.24, 2.45) is 0 Å². The number of nitrogens with zero attached hydrogens (tertiary/aromatic N) is 2. The first-order chi connectivity index (χ1) is 10.1. The van der Waals surface area contributed by atoms with E-state index in [-0.39, 0.29) is 11.9 Å². The topological polar surface area (TPSA) is 54.5 Å². The number of amides is 1. The number of carbonyl (C=O) groups excluding carboxylic acids is 1. The van der Waals surface area contributed by atoms with Crippen molar-refractivity contribution in [3.05, 3.63) is 23.4 Å². The van der Waals surface area contributed by atoms with Crippen LogP contribution in [0.4, 0.5) is 5.82 Å². The van der Waals surface area contributed by atoms with E-state index in [0.717, 1.165) is 24.5 Å². The molecule has 1 aromatic heterocycles. The molecule has 0 aromatic carbocycles. The second-order valence-corrected chi connectivity index (χ2v) is 5.01. The summed E-state index contributed by atoms with van der Waals surface area (Å²) in [5, 5.41) is 3.18. The zero-order valence-corrected chi connectivity index (χ0v) is 13.8. The Morgan fingerprint density at radius 3 is 2.62 bits per heavy atom. The van der Waals surface area contributed by atoms with Crippen molar-refractivity contribution in [1.82, 2.24) is 9.88 Å². The first-order valence-corrected chi connectivity index (χ1v) is 7.62. The average Bonchev–Trinajstić information content (AvgIpc) is 2.48. The molecule has 1 unspecified atom stereocenters. The number of likely N-dealkylation sites (N-methyl/N-ethyl adjacent to an activating group) is 1. The second kappa shape index (κ2) is 8.62. The van der Waals surface area contributed by atoms with Crippen LogP contribution in [0.1, 0.15) is 43.7 Å². The number of carbonyl (C=O) groups is 1. The lowest BCUT2D eigenvalue weighted by molar-refractivity contribution is 0.0579. The van der Waals surface area contributed by atoms with Gasteiger partial charge in [-0.3, -0.25) is 4.79 Å². The van der Waals surface area contributed by atoms with Crippen LogP contribution in [0, 0.1) is 0 Å². The number of hydrogen-bond acceptors (Lipinski definition) is 4. The summed E-state index contributed by atoms with van der Waals surface area (Å²) in [6, 6.07) is 3.76. The lowest BCUT2D eigenvalue weighted by Crippen LogP contribution is -2.41. The van der Waals surface area contributed by atoms with Crippen molar-refractivity contribution in [3.8, 4) is 0 Å². The minimum atomic E-state index is 0.0262. The molecule has 1 rings (SSSR count). The molecule has 0 aliphatic rings. The van der Waals surface area contributed by atoms with E-state index in [1.807, 2.05) is 44.7 Å². The van der Waals surface area contributed by atoms with E-state index in [9.17, 15) is 4.79 Å². The molecule has 5 heteroatoms. The van der Waals surface area contributed by atoms with Gasteiger partial charge in [0.1, 0.15) is 5.82 Å². The van der Waals surface area contributed by atoms with Gasteiger partial charge in [-0.25, -0.2) is 4.98 Å². The van der Waals surface area contributed by atoms with Crippen LogP contribution >= 0.6 is 0 Å². The second-order valence-electron chi connectivity index (χ2n) is 5.01. The van der Waals surface area contributed by atoms with Crippen LogP contribution in [-0.4, -0.2) is 48.6 Å². The fourth-order valence-electron chi connectivity index (χ4n) is 2.32. The number of ether oxygens (including phenoxy) is 1. The van der Waals surface area contributed by atoms with E-state index in [1.165, 1.54) is 0 Å². The van der Waals surface area contributed by atoms with Gasteiger partial charge in [0.2, 0.25) is 0 Å². The highest BCUT2D eigenvalue weighted by Crippen LogP contribution is 2.15. The number of aromatic nitrogens is 1. The first-order valence-electron chi connectivity index (χ1n) is 7.62. The Hall–Kier alpha value is -1.62. The number of methoxy groups -OCH3 is 1. The van der Waals surface area contributed by atoms with E-state index in [1.54, 1.807) is 7.11 Å². The molecule has 0 radical (unpaired) electrons. The summed E-state index contributed by atoms with van der Waals surface area (Å²) in [5.74, 6) is 0.786. The molecule has 118 valence electrons. The van der Waals surface area contributed by atoms with Crippen LogP contribution in [0.25, 0.3) is 0 Å². The van der Waals surface area contributed by atoms with Crippen molar-refractivity contribution in [3.63, 3.8) is 0 Å². The van der Waals surface area contributed by atoms with Gasteiger partial charge in [0.15, 0.2) is 0 Å². The van der Waals surface area contributed by atoms with Gasteiger partial charge in [-0.2, -0.15) is 0 Å². The Morgan fingerprint density at radius 2 is 2.10 bits per heavy atom. The van der Waals surface area contributed by atoms with E-state index in [2.05, 4.69) is 10.3 Å². The van der Waals surface area contributed by atoms with Crippen LogP contribution in [0.5, 0.6) is 0 Å². The fraction of sp³-hybridized carbons (Fsp3) is 0.625. The smallest absolute Gasteiger partial charge is 0.254 e. The molecule has 1 N–H and O–H groups in total. The van der Waals surface area contributed by atoms with E-state index in [0.29, 0.717) is 18.7 Å². The van der Waals surface area contributed by atoms with E-state index < -0.39 is 0 Å². The van der Waals surface area contributed by atoms with Crippen LogP contribution in [0.15, 0.2) is 12.1 Å². The number of aryl methyl sites for hydroxylation is 1. The number of anilines is 1. The summed E-state index contributed by atoms with van der Waals surface area (Å²) in [6.07, 6.45) is 0.805. The highest BCUT2D eigenvalue weighted by atomic mass is 16.5. The molecule has 0 fully saturated rings. The maximum absolute atomic E-state index is 12.7. The SMILES string of the molecule is CCNc1cc(C(=O)N(CC)C(C)COC)cc(CC)n1. The third kappa shape index (κ3) is 4.70. The largest absolute Gasteiger partial charge is 0.383 e. The molecule has 1 amide bonds. The standard InChI is InChI=1S/C16H27N3O2/c1-6-14-9-13(10-15(18-14)17-7-2)16(20)19(8-3)12(4)11-21-5/h9-10,12H,6-8,11H2,1-5H3,(H,17,18). The lowest BCUT2D eigenvalue weighted by Gasteiger charge is -2.28. The summed E-state index contributed by atoms with van der Waals surface area (Å²) in [4.78, 5) is 19.0. The zero-order valence-electron chi connectivity index (χ0n) is 13.8. The van der Waals surface area contributed by atoms with Crippen molar-refractivity contribution < 1.29 is 9.53 Å². The molecule has 1 aromatic rings. The predicted octanol–water partition coefficient (Wildman–Crippen LogP) is 2.57. The molecule has 0 aliphatic heterocycles. The Bertz CT molecular complexity index is 463. The molecule has 0 bridgehead atoms. The van der Waals surface area contributed by atoms with E-state index >= 15 is 0 Å². The van der Waals surface area contributed by atoms with Crippen molar-refractivity contribution in [1.29, 1.82) is 0 Å². The number of rotatable bonds is 8. The summed E-state index contributed by atoms with van der Waals surface area (Å²) < 4.78 is 5.16. The highest BCUT2D eigenvalue weighted by Gasteiger charge is 2.21. The Kier molecular flexibility index (Phi) is 7.15. The third-order valence-electron chi connectivity index (χ3n) is 3.39. The number of pyridine rings is 1. The molecule has 0 spiro atoms. The Balaban J connectivity index is 3.06. The molecule has 1 atom stereocenters. The van der Waals surface area contributed by atoms with Crippen LogP contribution in [0.3, 0.4) is 0 Å². The quantitative estimate of drug-likeness (QED) is 0.800. The monoisotopic (exact) mass is 293 g/mol. The molecule has 0 saturated heterocycles. The third-order valence-corrected chi connectivity index (χ3v) is 3.39. The summed E-state index contributed by atoms with van der Waals surface area (Å²) in [7, 11) is 1.65. The average molecular weight is 293 g/mol. The zero-order chi connectivity index (χ0) is 15.8. The number of nitrogens with one attached hydrogen (secondary N) is 1. The van der Waals surface area contributed by atoms with Crippen LogP contribution in [0.2, 0.25) is 0 Å². The van der Waals surface area contributed by atoms with Crippen molar-refractivity contribution in [2.45, 2.75) is 40.2 Å². The van der Waals surface area contributed by atoms with Gasteiger partial charge >= 0.3 is 0 Å². The van der Waals surface area contributed by atoms with Crippen LogP contribution in [-0.2, 0) is 11.2 Å². The predicted molar refractivity (Wildman–Crippen MR) is 85.8 cm³/mol. The normalized spacial score (nSPS) is 12.0. The van der Waals surface area contributed by atoms with Gasteiger partial charge in [0.05, 0.1) is 12.6 Å². The highest BCUT2D eigenvalue weighted by molar-refractivity contribution is 5.95. The lowest BCUT2D eigenvalue weighted by atomic mass is 10.1. The minimum Gasteiger partial charge on any atom is -0.383 e. The summed E-state index contributed by atoms with van der Waals surface area (Å²) in [5.41, 5.74) is 1.61. The first kappa shape index (κ1) is 17.4. The summed E-state index contributed by atoms with van der Waals surface area (Å²) >= 11 is 0. The van der Waals surface area contributed by atoms with Gasteiger partial charge in [-0.15, -0.1) is 0 Å². The minimum absolute atomic E-state index is 0.0262. The Labute approximate surface area is 127 Å². The Morgan fingerprint density at radius 1 is 1.38 bits per heavy atom. The van der Waals surface area contributed by atoms with Gasteiger partial charge in [0.25, 0.3) is 5.91 Å². The van der Waals surface area contributed by atoms with Gasteiger partial charge < -0.3 is 15.0 Å². The molecular weight excluding hydrogens is 266 g/mol. The maximum atomic E-state index is 12.7. The number of hydrogen-bond donors (Lipinski definition) is 1. The van der Waals surface area contributed by atoms with Crippen molar-refractivity contribution in [2.75, 3.05) is 32.1 Å². The molecular formula is C16H27N3O2. The fourth-order valence-corrected chi connectivity index (χ4v) is 2.32.